The molecule has 0 bridgehead atoms. The zero-order chi connectivity index (χ0) is 9.59. The molecule has 13 heavy (non-hydrogen) atoms. The Balaban J connectivity index is 3.03. The molecule has 64 valence electrons. The molecular weight excluding hydrogens is 169 g/mol. The third-order valence-corrected chi connectivity index (χ3v) is 1.78. The molecule has 0 spiro atoms. The summed E-state index contributed by atoms with van der Waals surface area (Å²) in [6.45, 7) is 0. The van der Waals surface area contributed by atoms with Gasteiger partial charge in [-0.3, -0.25) is 9.78 Å². The van der Waals surface area contributed by atoms with E-state index in [1.165, 1.54) is 4.57 Å². The van der Waals surface area contributed by atoms with Crippen molar-refractivity contribution >= 4 is 30.7 Å². The van der Waals surface area contributed by atoms with Crippen LogP contribution >= 0.6 is 0 Å². The lowest BCUT2D eigenvalue weighted by Gasteiger charge is -1.95. The van der Waals surface area contributed by atoms with Crippen LogP contribution in [0.5, 0.6) is 0 Å². The van der Waals surface area contributed by atoms with Crippen molar-refractivity contribution in [1.29, 1.82) is 0 Å². The van der Waals surface area contributed by atoms with E-state index in [0.29, 0.717) is 5.65 Å². The zero-order valence-electron chi connectivity index (χ0n) is 6.90. The molecule has 2 aromatic rings. The number of nitrogens with zero attached hydrogens (tertiary/aromatic N) is 3. The van der Waals surface area contributed by atoms with E-state index in [-0.39, 0.29) is 22.7 Å². The van der Waals surface area contributed by atoms with Gasteiger partial charge in [-0.15, -0.1) is 0 Å². The first-order valence-corrected chi connectivity index (χ1v) is 3.57. The van der Waals surface area contributed by atoms with Crippen molar-refractivity contribution in [1.82, 2.24) is 19.5 Å². The summed E-state index contributed by atoms with van der Waals surface area (Å²) in [6.07, 6.45) is 0. The van der Waals surface area contributed by atoms with E-state index in [2.05, 4.69) is 15.0 Å². The normalized spacial score (nSPS) is 10.8. The number of anilines is 1. The molecule has 0 amide bonds. The third kappa shape index (κ3) is 1.00. The molecule has 0 aliphatic heterocycles. The minimum atomic E-state index is -0.380. The molecular formula is C6H6BN5O. The van der Waals surface area contributed by atoms with Crippen LogP contribution in [0.4, 0.5) is 5.95 Å². The number of imidazole rings is 1. The molecule has 0 saturated heterocycles. The number of aromatic nitrogens is 4. The lowest BCUT2D eigenvalue weighted by atomic mass is 10.1. The summed E-state index contributed by atoms with van der Waals surface area (Å²) in [5.74, 6) is 0.0560. The van der Waals surface area contributed by atoms with Gasteiger partial charge < -0.3 is 10.3 Å². The van der Waals surface area contributed by atoms with Crippen molar-refractivity contribution in [3.8, 4) is 0 Å². The smallest absolute Gasteiger partial charge is 0.280 e. The highest BCUT2D eigenvalue weighted by Gasteiger charge is 2.08. The fraction of sp³-hybridized carbons (Fsp3) is 0.167. The molecule has 0 aliphatic rings. The maximum Gasteiger partial charge on any atom is 0.280 e. The van der Waals surface area contributed by atoms with Gasteiger partial charge in [-0.05, 0) is 0 Å². The molecule has 0 aliphatic carbocycles. The Morgan fingerprint density at radius 3 is 2.92 bits per heavy atom. The summed E-state index contributed by atoms with van der Waals surface area (Å²) in [7, 11) is 7.15. The van der Waals surface area contributed by atoms with Crippen LogP contribution in [0.1, 0.15) is 0 Å². The van der Waals surface area contributed by atoms with Crippen LogP contribution in [-0.4, -0.2) is 27.4 Å². The lowest BCUT2D eigenvalue weighted by Crippen LogP contribution is -2.15. The second kappa shape index (κ2) is 2.35. The standard InChI is InChI=1S/C6H6BN5O/c1-12-3-2(9-5(12)7)4(13)11-6(8)10-3/h1H3,(H3,8,10,11,13). The highest BCUT2D eigenvalue weighted by atomic mass is 16.1. The van der Waals surface area contributed by atoms with Crippen molar-refractivity contribution in [2.24, 2.45) is 7.05 Å². The summed E-state index contributed by atoms with van der Waals surface area (Å²) >= 11 is 0. The Morgan fingerprint density at radius 1 is 1.54 bits per heavy atom. The second-order valence-corrected chi connectivity index (χ2v) is 2.65. The Kier molecular flexibility index (Phi) is 1.42. The van der Waals surface area contributed by atoms with Crippen LogP contribution in [0.15, 0.2) is 4.79 Å². The Labute approximate surface area is 74.2 Å². The Morgan fingerprint density at radius 2 is 2.23 bits per heavy atom. The molecule has 2 heterocycles. The van der Waals surface area contributed by atoms with Gasteiger partial charge in [0.05, 0.1) is 5.72 Å². The Bertz CT molecular complexity index is 528. The summed E-state index contributed by atoms with van der Waals surface area (Å²) in [4.78, 5) is 21.3. The first-order valence-electron chi connectivity index (χ1n) is 3.57. The van der Waals surface area contributed by atoms with E-state index in [0.717, 1.165) is 0 Å². The highest BCUT2D eigenvalue weighted by molar-refractivity contribution is 6.30. The zero-order valence-corrected chi connectivity index (χ0v) is 6.90. The van der Waals surface area contributed by atoms with Gasteiger partial charge in [0.15, 0.2) is 19.0 Å². The van der Waals surface area contributed by atoms with E-state index < -0.39 is 0 Å². The summed E-state index contributed by atoms with van der Waals surface area (Å²) < 4.78 is 1.50. The molecule has 6 nitrogen and oxygen atoms in total. The highest BCUT2D eigenvalue weighted by Crippen LogP contribution is 2.01. The number of hydrogen-bond acceptors (Lipinski definition) is 4. The van der Waals surface area contributed by atoms with Crippen molar-refractivity contribution in [2.75, 3.05) is 5.73 Å². The van der Waals surface area contributed by atoms with Crippen molar-refractivity contribution in [2.45, 2.75) is 0 Å². The Hall–Kier alpha value is -1.79. The van der Waals surface area contributed by atoms with E-state index in [1.807, 2.05) is 0 Å². The van der Waals surface area contributed by atoms with Crippen LogP contribution in [0.2, 0.25) is 0 Å². The van der Waals surface area contributed by atoms with Crippen LogP contribution < -0.4 is 17.0 Å². The minimum Gasteiger partial charge on any atom is -0.369 e. The number of aromatic amines is 1. The van der Waals surface area contributed by atoms with Crippen molar-refractivity contribution < 1.29 is 0 Å². The number of nitrogens with one attached hydrogen (secondary N) is 1. The average molecular weight is 175 g/mol. The van der Waals surface area contributed by atoms with Gasteiger partial charge in [-0.1, -0.05) is 0 Å². The topological polar surface area (TPSA) is 89.6 Å². The summed E-state index contributed by atoms with van der Waals surface area (Å²) in [5, 5.41) is 0. The third-order valence-electron chi connectivity index (χ3n) is 1.78. The van der Waals surface area contributed by atoms with Crippen LogP contribution in [0.3, 0.4) is 0 Å². The number of nitrogens with two attached hydrogens (primary N) is 1. The molecule has 0 unspecified atom stereocenters. The fourth-order valence-electron chi connectivity index (χ4n) is 1.10. The molecule has 0 saturated carbocycles. The summed E-state index contributed by atoms with van der Waals surface area (Å²) in [6, 6.07) is 0. The molecule has 3 N–H and O–H groups in total. The van der Waals surface area contributed by atoms with E-state index in [1.54, 1.807) is 7.05 Å². The molecule has 7 heteroatoms. The predicted octanol–water partition coefficient (Wildman–Crippen LogP) is -1.97. The van der Waals surface area contributed by atoms with E-state index >= 15 is 0 Å². The summed E-state index contributed by atoms with van der Waals surface area (Å²) in [5.41, 5.74) is 5.80. The number of fused-ring (bicyclic) bond motifs is 1. The number of hydrogen-bond donors (Lipinski definition) is 2. The SMILES string of the molecule is [B]c1nc2c(=O)[nH]c(N)nc2n1C. The van der Waals surface area contributed by atoms with E-state index in [9.17, 15) is 4.79 Å². The van der Waals surface area contributed by atoms with Crippen molar-refractivity contribution in [3.63, 3.8) is 0 Å². The molecule has 2 aromatic heterocycles. The molecule has 0 atom stereocenters. The van der Waals surface area contributed by atoms with E-state index in [4.69, 9.17) is 13.6 Å². The molecule has 2 rings (SSSR count). The quantitative estimate of drug-likeness (QED) is 0.454. The van der Waals surface area contributed by atoms with Gasteiger partial charge in [0.1, 0.15) is 0 Å². The van der Waals surface area contributed by atoms with Crippen LogP contribution in [-0.2, 0) is 7.05 Å². The maximum atomic E-state index is 11.3. The van der Waals surface area contributed by atoms with Gasteiger partial charge in [-0.2, -0.15) is 4.98 Å². The number of aryl methyl sites for hydroxylation is 1. The van der Waals surface area contributed by atoms with Gasteiger partial charge in [0, 0.05) is 7.05 Å². The van der Waals surface area contributed by atoms with Gasteiger partial charge >= 0.3 is 0 Å². The molecule has 2 radical (unpaired) electrons. The first kappa shape index (κ1) is 7.84. The lowest BCUT2D eigenvalue weighted by molar-refractivity contribution is 0.965. The molecule has 0 aromatic carbocycles. The number of rotatable bonds is 0. The monoisotopic (exact) mass is 175 g/mol. The minimum absolute atomic E-state index is 0.0560. The van der Waals surface area contributed by atoms with Gasteiger partial charge in [0.25, 0.3) is 5.56 Å². The second-order valence-electron chi connectivity index (χ2n) is 2.65. The number of H-pyrrole nitrogens is 1. The van der Waals surface area contributed by atoms with Gasteiger partial charge in [0.2, 0.25) is 5.95 Å². The maximum absolute atomic E-state index is 11.3. The fourth-order valence-corrected chi connectivity index (χ4v) is 1.10. The first-order chi connectivity index (χ1) is 6.09. The predicted molar refractivity (Wildman–Crippen MR) is 48.9 cm³/mol. The largest absolute Gasteiger partial charge is 0.369 e. The van der Waals surface area contributed by atoms with Gasteiger partial charge in [-0.25, -0.2) is 4.98 Å². The molecule has 0 fully saturated rings. The van der Waals surface area contributed by atoms with Crippen molar-refractivity contribution in [3.05, 3.63) is 10.4 Å². The van der Waals surface area contributed by atoms with Crippen LogP contribution in [0, 0.1) is 0 Å². The number of nitrogen functional groups attached to an aromatic ring is 1. The average Bonchev–Trinajstić information content (AvgIpc) is 2.32. The van der Waals surface area contributed by atoms with Crippen LogP contribution in [0.25, 0.3) is 11.2 Å².